The minimum absolute atomic E-state index is 0.229. The lowest BCUT2D eigenvalue weighted by molar-refractivity contribution is -0.168. The fourth-order valence-electron chi connectivity index (χ4n) is 2.56. The number of alkyl halides is 4. The van der Waals surface area contributed by atoms with Crippen LogP contribution in [-0.2, 0) is 17.9 Å². The van der Waals surface area contributed by atoms with Crippen LogP contribution in [-0.4, -0.2) is 41.6 Å². The van der Waals surface area contributed by atoms with Gasteiger partial charge in [-0.2, -0.15) is 13.9 Å². The van der Waals surface area contributed by atoms with Gasteiger partial charge in [0.05, 0.1) is 25.0 Å². The third-order valence-electron chi connectivity index (χ3n) is 4.14. The number of hydrogen-bond acceptors (Lipinski definition) is 4. The van der Waals surface area contributed by atoms with E-state index >= 15 is 0 Å². The Hall–Kier alpha value is -2.68. The molecular weight excluding hydrogens is 392 g/mol. The van der Waals surface area contributed by atoms with Crippen molar-refractivity contribution in [1.82, 2.24) is 9.78 Å². The number of carbonyl (C=O) groups excluding carboxylic acids is 1. The second kappa shape index (κ2) is 9.69. The van der Waals surface area contributed by atoms with Gasteiger partial charge >= 0.3 is 12.3 Å². The van der Waals surface area contributed by atoms with E-state index in [0.717, 1.165) is 0 Å². The van der Waals surface area contributed by atoms with Crippen LogP contribution in [0.2, 0.25) is 0 Å². The number of carbonyl (C=O) groups is 1. The van der Waals surface area contributed by atoms with Crippen molar-refractivity contribution in [3.63, 3.8) is 0 Å². The number of ether oxygens (including phenoxy) is 2. The Morgan fingerprint density at radius 3 is 2.66 bits per heavy atom. The number of aromatic nitrogens is 2. The highest BCUT2D eigenvalue weighted by molar-refractivity contribution is 6.07. The lowest BCUT2D eigenvalue weighted by Crippen LogP contribution is -2.32. The van der Waals surface area contributed by atoms with Gasteiger partial charge in [0.15, 0.2) is 5.78 Å². The molecule has 1 aromatic carbocycles. The third-order valence-corrected chi connectivity index (χ3v) is 4.14. The average molecular weight is 414 g/mol. The Kier molecular flexibility index (Phi) is 7.55. The number of ketones is 1. The van der Waals surface area contributed by atoms with Crippen LogP contribution in [0.4, 0.5) is 17.6 Å². The molecular formula is C20H22F4N2O3. The first-order valence-corrected chi connectivity index (χ1v) is 8.85. The molecule has 0 amide bonds. The Balaban J connectivity index is 2.11. The summed E-state index contributed by atoms with van der Waals surface area (Å²) in [6, 6.07) is 4.82. The summed E-state index contributed by atoms with van der Waals surface area (Å²) in [6.07, 6.45) is 0.798. The first-order valence-electron chi connectivity index (χ1n) is 8.85. The van der Waals surface area contributed by atoms with E-state index in [1.165, 1.54) is 13.2 Å². The van der Waals surface area contributed by atoms with Crippen LogP contribution in [0.1, 0.15) is 34.1 Å². The summed E-state index contributed by atoms with van der Waals surface area (Å²) in [7, 11) is 1.39. The van der Waals surface area contributed by atoms with Crippen molar-refractivity contribution in [3.8, 4) is 5.75 Å². The summed E-state index contributed by atoms with van der Waals surface area (Å²) in [5.74, 6) is -4.10. The van der Waals surface area contributed by atoms with Crippen LogP contribution in [0.3, 0.4) is 0 Å². The number of nitrogens with zero attached hydrogens (tertiary/aromatic N) is 2. The molecule has 2 aromatic rings. The minimum atomic E-state index is -4.22. The molecule has 0 aliphatic heterocycles. The molecule has 0 unspecified atom stereocenters. The highest BCUT2D eigenvalue weighted by Gasteiger charge is 2.40. The molecule has 1 heterocycles. The first kappa shape index (κ1) is 22.6. The SMILES string of the molecule is CCn1cc(C(=O)/C=C/c2ccc(OC)c(COCC(F)(F)C(F)F)c2)c(C)n1. The van der Waals surface area contributed by atoms with E-state index in [1.54, 1.807) is 42.1 Å². The molecule has 0 spiro atoms. The van der Waals surface area contributed by atoms with Gasteiger partial charge in [0, 0.05) is 18.3 Å². The zero-order chi connectivity index (χ0) is 21.6. The molecule has 0 N–H and O–H groups in total. The first-order chi connectivity index (χ1) is 13.7. The molecule has 0 fully saturated rings. The quantitative estimate of drug-likeness (QED) is 0.326. The van der Waals surface area contributed by atoms with E-state index in [0.29, 0.717) is 34.7 Å². The topological polar surface area (TPSA) is 53.4 Å². The number of allylic oxidation sites excluding steroid dienone is 1. The number of benzene rings is 1. The number of hydrogen-bond donors (Lipinski definition) is 0. The molecule has 0 radical (unpaired) electrons. The van der Waals surface area contributed by atoms with Crippen molar-refractivity contribution in [1.29, 1.82) is 0 Å². The highest BCUT2D eigenvalue weighted by Crippen LogP contribution is 2.26. The fraction of sp³-hybridized carbons (Fsp3) is 0.400. The number of methoxy groups -OCH3 is 1. The molecule has 1 aromatic heterocycles. The van der Waals surface area contributed by atoms with Crippen LogP contribution in [0, 0.1) is 6.92 Å². The van der Waals surface area contributed by atoms with Gasteiger partial charge in [-0.3, -0.25) is 9.48 Å². The van der Waals surface area contributed by atoms with Gasteiger partial charge in [-0.1, -0.05) is 12.1 Å². The molecule has 0 atom stereocenters. The Labute approximate surface area is 165 Å². The van der Waals surface area contributed by atoms with E-state index in [9.17, 15) is 22.4 Å². The molecule has 0 saturated heterocycles. The molecule has 2 rings (SSSR count). The number of halogens is 4. The monoisotopic (exact) mass is 414 g/mol. The minimum Gasteiger partial charge on any atom is -0.496 e. The largest absolute Gasteiger partial charge is 0.496 e. The van der Waals surface area contributed by atoms with E-state index in [-0.39, 0.29) is 12.4 Å². The van der Waals surface area contributed by atoms with Crippen LogP contribution in [0.25, 0.3) is 6.08 Å². The van der Waals surface area contributed by atoms with Gasteiger partial charge in [-0.05, 0) is 37.6 Å². The maximum absolute atomic E-state index is 13.0. The number of aryl methyl sites for hydroxylation is 2. The lowest BCUT2D eigenvalue weighted by atomic mass is 10.1. The van der Waals surface area contributed by atoms with Crippen molar-refractivity contribution >= 4 is 11.9 Å². The van der Waals surface area contributed by atoms with Gasteiger partial charge in [0.2, 0.25) is 0 Å². The summed E-state index contributed by atoms with van der Waals surface area (Å²) in [5, 5.41) is 4.22. The maximum Gasteiger partial charge on any atom is 0.330 e. The van der Waals surface area contributed by atoms with Gasteiger partial charge in [-0.25, -0.2) is 8.78 Å². The molecule has 158 valence electrons. The van der Waals surface area contributed by atoms with Crippen molar-refractivity contribution in [3.05, 3.63) is 52.9 Å². The van der Waals surface area contributed by atoms with E-state index in [4.69, 9.17) is 9.47 Å². The molecule has 0 saturated carbocycles. The second-order valence-corrected chi connectivity index (χ2v) is 6.31. The summed E-state index contributed by atoms with van der Waals surface area (Å²) in [5.41, 5.74) is 2.08. The molecule has 9 heteroatoms. The smallest absolute Gasteiger partial charge is 0.330 e. The third kappa shape index (κ3) is 5.90. The lowest BCUT2D eigenvalue weighted by Gasteiger charge is -2.16. The van der Waals surface area contributed by atoms with Gasteiger partial charge in [0.1, 0.15) is 12.4 Å². The summed E-state index contributed by atoms with van der Waals surface area (Å²) < 4.78 is 61.9. The predicted octanol–water partition coefficient (Wildman–Crippen LogP) is 4.53. The average Bonchev–Trinajstić information content (AvgIpc) is 3.07. The van der Waals surface area contributed by atoms with E-state index in [2.05, 4.69) is 5.10 Å². The summed E-state index contributed by atoms with van der Waals surface area (Å²) >= 11 is 0. The Morgan fingerprint density at radius 1 is 1.34 bits per heavy atom. The summed E-state index contributed by atoms with van der Waals surface area (Å²) in [6.45, 7) is 2.54. The van der Waals surface area contributed by atoms with Gasteiger partial charge in [-0.15, -0.1) is 0 Å². The van der Waals surface area contributed by atoms with Crippen molar-refractivity contribution < 1.29 is 31.8 Å². The van der Waals surface area contributed by atoms with Crippen molar-refractivity contribution in [2.45, 2.75) is 39.3 Å². The molecule has 0 bridgehead atoms. The zero-order valence-electron chi connectivity index (χ0n) is 16.3. The molecule has 29 heavy (non-hydrogen) atoms. The van der Waals surface area contributed by atoms with Gasteiger partial charge in [0.25, 0.3) is 0 Å². The standard InChI is InChI=1S/C20H22F4N2O3/c1-4-26-10-16(13(2)25-26)17(27)7-5-14-6-8-18(28-3)15(9-14)11-29-12-20(23,24)19(21)22/h5-10,19H,4,11-12H2,1-3H3/b7-5+. The van der Waals surface area contributed by atoms with Crippen LogP contribution < -0.4 is 4.74 Å². The van der Waals surface area contributed by atoms with E-state index < -0.39 is 19.0 Å². The normalized spacial score (nSPS) is 12.1. The Morgan fingerprint density at radius 2 is 2.07 bits per heavy atom. The molecule has 5 nitrogen and oxygen atoms in total. The van der Waals surface area contributed by atoms with Crippen LogP contribution >= 0.6 is 0 Å². The van der Waals surface area contributed by atoms with Crippen LogP contribution in [0.15, 0.2) is 30.5 Å². The Bertz CT molecular complexity index is 879. The molecule has 0 aliphatic rings. The maximum atomic E-state index is 13.0. The fourth-order valence-corrected chi connectivity index (χ4v) is 2.56. The number of rotatable bonds is 10. The van der Waals surface area contributed by atoms with Gasteiger partial charge < -0.3 is 9.47 Å². The zero-order valence-corrected chi connectivity index (χ0v) is 16.3. The highest BCUT2D eigenvalue weighted by atomic mass is 19.3. The molecule has 0 aliphatic carbocycles. The predicted molar refractivity (Wildman–Crippen MR) is 99.6 cm³/mol. The second-order valence-electron chi connectivity index (χ2n) is 6.31. The van der Waals surface area contributed by atoms with E-state index in [1.807, 2.05) is 6.92 Å². The summed E-state index contributed by atoms with van der Waals surface area (Å²) in [4.78, 5) is 12.4. The van der Waals surface area contributed by atoms with Crippen molar-refractivity contribution in [2.75, 3.05) is 13.7 Å². The van der Waals surface area contributed by atoms with Crippen molar-refractivity contribution in [2.24, 2.45) is 0 Å². The van der Waals surface area contributed by atoms with Crippen LogP contribution in [0.5, 0.6) is 5.75 Å².